The Morgan fingerprint density at radius 3 is 2.35 bits per heavy atom. The maximum absolute atomic E-state index is 12.0. The number of carbonyl (C=O) groups is 2. The van der Waals surface area contributed by atoms with E-state index in [1.54, 1.807) is 30.3 Å². The zero-order chi connectivity index (χ0) is 18.9. The number of aliphatic hydroxyl groups excluding tert-OH is 1. The number of carbonyl (C=O) groups excluding carboxylic acids is 2. The van der Waals surface area contributed by atoms with Crippen LogP contribution < -0.4 is 20.1 Å². The number of anilines is 1. The average molecular weight is 358 g/mol. The van der Waals surface area contributed by atoms with Crippen LogP contribution in [0.1, 0.15) is 18.1 Å². The molecule has 0 aliphatic heterocycles. The third kappa shape index (κ3) is 5.22. The van der Waals surface area contributed by atoms with E-state index in [-0.39, 0.29) is 6.54 Å². The van der Waals surface area contributed by atoms with Crippen LogP contribution in [0.5, 0.6) is 11.5 Å². The van der Waals surface area contributed by atoms with Gasteiger partial charge in [0.1, 0.15) is 0 Å². The molecule has 26 heavy (non-hydrogen) atoms. The average Bonchev–Trinajstić information content (AvgIpc) is 2.68. The first-order valence-corrected chi connectivity index (χ1v) is 8.09. The molecule has 1 atom stereocenters. The van der Waals surface area contributed by atoms with Gasteiger partial charge in [0, 0.05) is 18.3 Å². The highest BCUT2D eigenvalue weighted by Gasteiger charge is 2.15. The molecule has 7 nitrogen and oxygen atoms in total. The Morgan fingerprint density at radius 1 is 1.00 bits per heavy atom. The van der Waals surface area contributed by atoms with E-state index in [9.17, 15) is 14.7 Å². The number of benzene rings is 2. The minimum absolute atomic E-state index is 0.175. The first-order valence-electron chi connectivity index (χ1n) is 8.09. The number of methoxy groups -OCH3 is 2. The summed E-state index contributed by atoms with van der Waals surface area (Å²) >= 11 is 0. The second-order valence-corrected chi connectivity index (χ2v) is 5.49. The van der Waals surface area contributed by atoms with Crippen LogP contribution in [0, 0.1) is 0 Å². The molecule has 2 amide bonds. The van der Waals surface area contributed by atoms with E-state index in [2.05, 4.69) is 10.6 Å². The van der Waals surface area contributed by atoms with Gasteiger partial charge < -0.3 is 25.2 Å². The first kappa shape index (κ1) is 19.3. The predicted octanol–water partition coefficient (Wildman–Crippen LogP) is 1.88. The van der Waals surface area contributed by atoms with E-state index in [0.717, 1.165) is 5.56 Å². The third-order valence-corrected chi connectivity index (χ3v) is 3.74. The molecule has 2 aromatic carbocycles. The van der Waals surface area contributed by atoms with Gasteiger partial charge in [-0.05, 0) is 24.1 Å². The molecule has 0 spiro atoms. The lowest BCUT2D eigenvalue weighted by molar-refractivity contribution is -0.136. The highest BCUT2D eigenvalue weighted by Crippen LogP contribution is 2.29. The van der Waals surface area contributed by atoms with Crippen molar-refractivity contribution < 1.29 is 24.2 Å². The fourth-order valence-corrected chi connectivity index (χ4v) is 2.35. The minimum atomic E-state index is -0.800. The smallest absolute Gasteiger partial charge is 0.313 e. The van der Waals surface area contributed by atoms with Crippen LogP contribution in [0.4, 0.5) is 5.69 Å². The van der Waals surface area contributed by atoms with Gasteiger partial charge >= 0.3 is 11.8 Å². The van der Waals surface area contributed by atoms with Crippen molar-refractivity contribution in [2.24, 2.45) is 0 Å². The molecule has 0 saturated carbocycles. The van der Waals surface area contributed by atoms with Crippen molar-refractivity contribution in [1.29, 1.82) is 0 Å². The number of hydrogen-bond acceptors (Lipinski definition) is 5. The molecule has 0 saturated heterocycles. The molecule has 2 rings (SSSR count). The SMILES string of the molecule is COc1ccc(NC(=O)C(=O)NCCC(O)c2ccccc2)cc1OC. The van der Waals surface area contributed by atoms with Crippen LogP contribution in [0.15, 0.2) is 48.5 Å². The zero-order valence-electron chi connectivity index (χ0n) is 14.7. The molecule has 138 valence electrons. The van der Waals surface area contributed by atoms with Gasteiger partial charge in [-0.1, -0.05) is 30.3 Å². The summed E-state index contributed by atoms with van der Waals surface area (Å²) in [6, 6.07) is 13.9. The fraction of sp³-hybridized carbons (Fsp3) is 0.263. The Bertz CT molecular complexity index is 749. The molecule has 0 bridgehead atoms. The Labute approximate surface area is 151 Å². The van der Waals surface area contributed by atoms with Crippen LogP contribution in [0.2, 0.25) is 0 Å². The van der Waals surface area contributed by atoms with E-state index < -0.39 is 17.9 Å². The van der Waals surface area contributed by atoms with Gasteiger partial charge in [-0.2, -0.15) is 0 Å². The van der Waals surface area contributed by atoms with Crippen LogP contribution in [-0.2, 0) is 9.59 Å². The number of nitrogens with one attached hydrogen (secondary N) is 2. The largest absolute Gasteiger partial charge is 0.493 e. The maximum atomic E-state index is 12.0. The molecule has 7 heteroatoms. The van der Waals surface area contributed by atoms with Gasteiger partial charge in [0.25, 0.3) is 0 Å². The maximum Gasteiger partial charge on any atom is 0.313 e. The van der Waals surface area contributed by atoms with Crippen molar-refractivity contribution in [2.45, 2.75) is 12.5 Å². The van der Waals surface area contributed by atoms with Crippen LogP contribution in [0.25, 0.3) is 0 Å². The molecule has 1 unspecified atom stereocenters. The molecule has 0 fully saturated rings. The number of hydrogen-bond donors (Lipinski definition) is 3. The second kappa shape index (κ2) is 9.43. The summed E-state index contributed by atoms with van der Waals surface area (Å²) < 4.78 is 10.3. The molecule has 0 radical (unpaired) electrons. The van der Waals surface area contributed by atoms with Crippen molar-refractivity contribution in [1.82, 2.24) is 5.32 Å². The van der Waals surface area contributed by atoms with E-state index in [0.29, 0.717) is 23.6 Å². The van der Waals surface area contributed by atoms with Crippen molar-refractivity contribution in [3.8, 4) is 11.5 Å². The molecule has 0 aromatic heterocycles. The molecular weight excluding hydrogens is 336 g/mol. The number of rotatable bonds is 7. The highest BCUT2D eigenvalue weighted by molar-refractivity contribution is 6.39. The van der Waals surface area contributed by atoms with Gasteiger partial charge in [0.05, 0.1) is 20.3 Å². The fourth-order valence-electron chi connectivity index (χ4n) is 2.35. The first-order chi connectivity index (χ1) is 12.5. The van der Waals surface area contributed by atoms with E-state index in [1.165, 1.54) is 14.2 Å². The summed E-state index contributed by atoms with van der Waals surface area (Å²) in [6.07, 6.45) is -0.398. The summed E-state index contributed by atoms with van der Waals surface area (Å²) in [7, 11) is 2.99. The lowest BCUT2D eigenvalue weighted by atomic mass is 10.1. The van der Waals surface area contributed by atoms with Gasteiger partial charge in [-0.15, -0.1) is 0 Å². The van der Waals surface area contributed by atoms with E-state index >= 15 is 0 Å². The Hall–Kier alpha value is -3.06. The topological polar surface area (TPSA) is 96.9 Å². The van der Waals surface area contributed by atoms with Crippen molar-refractivity contribution in [2.75, 3.05) is 26.1 Å². The normalized spacial score (nSPS) is 11.3. The van der Waals surface area contributed by atoms with Crippen molar-refractivity contribution >= 4 is 17.5 Å². The lowest BCUT2D eigenvalue weighted by Gasteiger charge is -2.12. The van der Waals surface area contributed by atoms with Crippen molar-refractivity contribution in [3.05, 3.63) is 54.1 Å². The Balaban J connectivity index is 1.83. The number of amides is 2. The summed E-state index contributed by atoms with van der Waals surface area (Å²) in [6.45, 7) is 0.175. The van der Waals surface area contributed by atoms with Crippen LogP contribution in [-0.4, -0.2) is 37.7 Å². The van der Waals surface area contributed by atoms with Gasteiger partial charge in [-0.3, -0.25) is 9.59 Å². The van der Waals surface area contributed by atoms with Gasteiger partial charge in [-0.25, -0.2) is 0 Å². The number of ether oxygens (including phenoxy) is 2. The molecule has 0 aliphatic carbocycles. The highest BCUT2D eigenvalue weighted by atomic mass is 16.5. The second-order valence-electron chi connectivity index (χ2n) is 5.49. The third-order valence-electron chi connectivity index (χ3n) is 3.74. The predicted molar refractivity (Wildman–Crippen MR) is 97.2 cm³/mol. The number of aliphatic hydroxyl groups is 1. The summed E-state index contributed by atoms with van der Waals surface area (Å²) in [5, 5.41) is 15.0. The van der Waals surface area contributed by atoms with Gasteiger partial charge in [0.15, 0.2) is 11.5 Å². The van der Waals surface area contributed by atoms with E-state index in [4.69, 9.17) is 9.47 Å². The molecule has 0 heterocycles. The Kier molecular flexibility index (Phi) is 6.99. The molecular formula is C19H22N2O5. The summed E-state index contributed by atoms with van der Waals surface area (Å²) in [5.74, 6) is -0.618. The standard InChI is InChI=1S/C19H22N2O5/c1-25-16-9-8-14(12-17(16)26-2)21-19(24)18(23)20-11-10-15(22)13-6-4-3-5-7-13/h3-9,12,15,22H,10-11H2,1-2H3,(H,20,23)(H,21,24). The van der Waals surface area contributed by atoms with Gasteiger partial charge in [0.2, 0.25) is 0 Å². The molecule has 2 aromatic rings. The lowest BCUT2D eigenvalue weighted by Crippen LogP contribution is -2.36. The van der Waals surface area contributed by atoms with Crippen LogP contribution >= 0.6 is 0 Å². The minimum Gasteiger partial charge on any atom is -0.493 e. The quantitative estimate of drug-likeness (QED) is 0.657. The molecule has 3 N–H and O–H groups in total. The Morgan fingerprint density at radius 2 is 1.69 bits per heavy atom. The molecule has 0 aliphatic rings. The zero-order valence-corrected chi connectivity index (χ0v) is 14.7. The van der Waals surface area contributed by atoms with Crippen LogP contribution in [0.3, 0.4) is 0 Å². The monoisotopic (exact) mass is 358 g/mol. The van der Waals surface area contributed by atoms with E-state index in [1.807, 2.05) is 18.2 Å². The summed E-state index contributed by atoms with van der Waals surface area (Å²) in [5.41, 5.74) is 1.17. The van der Waals surface area contributed by atoms with Crippen molar-refractivity contribution in [3.63, 3.8) is 0 Å². The summed E-state index contributed by atoms with van der Waals surface area (Å²) in [4.78, 5) is 23.8.